The van der Waals surface area contributed by atoms with Crippen LogP contribution in [-0.2, 0) is 13.0 Å². The summed E-state index contributed by atoms with van der Waals surface area (Å²) >= 11 is 12.1. The van der Waals surface area contributed by atoms with Gasteiger partial charge in [-0.2, -0.15) is 0 Å². The molecule has 2 amide bonds. The monoisotopic (exact) mass is 394 g/mol. The number of nitrogens with one attached hydrogen (secondary N) is 2. The van der Waals surface area contributed by atoms with Crippen LogP contribution in [0.3, 0.4) is 0 Å². The quantitative estimate of drug-likeness (QED) is 0.824. The van der Waals surface area contributed by atoms with E-state index in [1.807, 2.05) is 18.4 Å². The second-order valence-corrected chi connectivity index (χ2v) is 7.39. The highest BCUT2D eigenvalue weighted by Crippen LogP contribution is 2.27. The van der Waals surface area contributed by atoms with Gasteiger partial charge in [0.15, 0.2) is 11.5 Å². The molecule has 1 aliphatic heterocycles. The number of anilines is 1. The topological polar surface area (TPSA) is 76.0 Å². The number of amides is 2. The van der Waals surface area contributed by atoms with Gasteiger partial charge in [0.2, 0.25) is 0 Å². The summed E-state index contributed by atoms with van der Waals surface area (Å²) in [5, 5.41) is 6.43. The van der Waals surface area contributed by atoms with Gasteiger partial charge in [0.25, 0.3) is 11.8 Å². The number of imidazole rings is 1. The van der Waals surface area contributed by atoms with Crippen LogP contribution < -0.4 is 10.6 Å². The highest BCUT2D eigenvalue weighted by atomic mass is 35.5. The minimum absolute atomic E-state index is 0.0124. The van der Waals surface area contributed by atoms with Crippen LogP contribution >= 0.6 is 23.2 Å². The fourth-order valence-corrected chi connectivity index (χ4v) is 3.34. The van der Waals surface area contributed by atoms with Crippen molar-refractivity contribution in [3.63, 3.8) is 0 Å². The van der Waals surface area contributed by atoms with E-state index < -0.39 is 5.91 Å². The van der Waals surface area contributed by atoms with Gasteiger partial charge in [0.1, 0.15) is 0 Å². The van der Waals surface area contributed by atoms with E-state index in [2.05, 4.69) is 15.6 Å². The third-order valence-corrected chi connectivity index (χ3v) is 4.70. The minimum Gasteiger partial charge on any atom is -0.347 e. The van der Waals surface area contributed by atoms with Crippen molar-refractivity contribution < 1.29 is 9.59 Å². The molecule has 0 bridgehead atoms. The molecule has 2 aromatic rings. The average Bonchev–Trinajstić information content (AvgIpc) is 2.97. The number of nitrogens with zero attached hydrogens (tertiary/aromatic N) is 2. The first kappa shape index (κ1) is 18.7. The lowest BCUT2D eigenvalue weighted by Crippen LogP contribution is -2.33. The van der Waals surface area contributed by atoms with Crippen LogP contribution in [0.1, 0.15) is 53.5 Å². The number of aromatic nitrogens is 2. The molecule has 3 rings (SSSR count). The van der Waals surface area contributed by atoms with Crippen molar-refractivity contribution in [2.75, 3.05) is 5.32 Å². The van der Waals surface area contributed by atoms with Gasteiger partial charge in [0, 0.05) is 17.6 Å². The zero-order valence-electron chi connectivity index (χ0n) is 14.6. The standard InChI is InChI=1S/C18H20Cl2N4O2/c1-10(2)21-18(26)16-23-15(14-5-3-4-8-24(14)16)17(25)22-13-9-11(19)6-7-12(13)20/h6-7,9-10H,3-5,8H2,1-2H3,(H,21,26)(H,22,25). The summed E-state index contributed by atoms with van der Waals surface area (Å²) in [5.74, 6) is -0.401. The molecule has 8 heteroatoms. The van der Waals surface area contributed by atoms with Gasteiger partial charge >= 0.3 is 0 Å². The van der Waals surface area contributed by atoms with E-state index in [4.69, 9.17) is 23.2 Å². The Balaban J connectivity index is 1.94. The van der Waals surface area contributed by atoms with Crippen molar-refractivity contribution in [1.29, 1.82) is 0 Å². The lowest BCUT2D eigenvalue weighted by atomic mass is 10.1. The molecule has 138 valence electrons. The van der Waals surface area contributed by atoms with Gasteiger partial charge in [-0.25, -0.2) is 4.98 Å². The highest BCUT2D eigenvalue weighted by molar-refractivity contribution is 6.35. The van der Waals surface area contributed by atoms with Crippen molar-refractivity contribution in [3.8, 4) is 0 Å². The molecule has 0 unspecified atom stereocenters. The number of benzene rings is 1. The lowest BCUT2D eigenvalue weighted by Gasteiger charge is -2.17. The van der Waals surface area contributed by atoms with Crippen LogP contribution in [-0.4, -0.2) is 27.4 Å². The normalized spacial score (nSPS) is 13.4. The number of rotatable bonds is 4. The van der Waals surface area contributed by atoms with Crippen molar-refractivity contribution in [1.82, 2.24) is 14.9 Å². The van der Waals surface area contributed by atoms with Crippen LogP contribution in [0.5, 0.6) is 0 Å². The zero-order valence-corrected chi connectivity index (χ0v) is 16.1. The van der Waals surface area contributed by atoms with Gasteiger partial charge < -0.3 is 15.2 Å². The predicted molar refractivity (Wildman–Crippen MR) is 102 cm³/mol. The Bertz CT molecular complexity index is 861. The van der Waals surface area contributed by atoms with Crippen LogP contribution in [0.15, 0.2) is 18.2 Å². The molecule has 0 radical (unpaired) electrons. The summed E-state index contributed by atoms with van der Waals surface area (Å²) in [6.07, 6.45) is 2.61. The molecule has 6 nitrogen and oxygen atoms in total. The Morgan fingerprint density at radius 3 is 2.69 bits per heavy atom. The molecule has 1 aromatic carbocycles. The number of fused-ring (bicyclic) bond motifs is 1. The summed E-state index contributed by atoms with van der Waals surface area (Å²) in [4.78, 5) is 29.6. The molecule has 2 heterocycles. The van der Waals surface area contributed by atoms with Gasteiger partial charge in [-0.15, -0.1) is 0 Å². The SMILES string of the molecule is CC(C)NC(=O)c1nc(C(=O)Nc2cc(Cl)ccc2Cl)c2n1CCCC2. The molecular formula is C18H20Cl2N4O2. The van der Waals surface area contributed by atoms with Crippen LogP contribution in [0.4, 0.5) is 5.69 Å². The van der Waals surface area contributed by atoms with Gasteiger partial charge in [-0.3, -0.25) is 9.59 Å². The summed E-state index contributed by atoms with van der Waals surface area (Å²) in [7, 11) is 0. The van der Waals surface area contributed by atoms with Gasteiger partial charge in [-0.05, 0) is 51.3 Å². The van der Waals surface area contributed by atoms with E-state index in [1.54, 1.807) is 18.2 Å². The number of halogens is 2. The highest BCUT2D eigenvalue weighted by Gasteiger charge is 2.28. The van der Waals surface area contributed by atoms with Crippen LogP contribution in [0, 0.1) is 0 Å². The Morgan fingerprint density at radius 2 is 1.96 bits per heavy atom. The number of carbonyl (C=O) groups is 2. The summed E-state index contributed by atoms with van der Waals surface area (Å²) in [5.41, 5.74) is 1.45. The molecule has 2 N–H and O–H groups in total. The lowest BCUT2D eigenvalue weighted by molar-refractivity contribution is 0.0927. The third-order valence-electron chi connectivity index (χ3n) is 4.13. The molecule has 0 spiro atoms. The van der Waals surface area contributed by atoms with Gasteiger partial charge in [0.05, 0.1) is 16.4 Å². The van der Waals surface area contributed by atoms with E-state index in [0.717, 1.165) is 18.5 Å². The molecule has 0 aliphatic carbocycles. The molecule has 1 aliphatic rings. The number of hydrogen-bond acceptors (Lipinski definition) is 3. The minimum atomic E-state index is -0.400. The zero-order chi connectivity index (χ0) is 18.8. The fraction of sp³-hybridized carbons (Fsp3) is 0.389. The maximum absolute atomic E-state index is 12.8. The van der Waals surface area contributed by atoms with E-state index in [-0.39, 0.29) is 23.5 Å². The molecule has 0 fully saturated rings. The Labute approximate surface area is 161 Å². The maximum atomic E-state index is 12.8. The predicted octanol–water partition coefficient (Wildman–Crippen LogP) is 3.92. The summed E-state index contributed by atoms with van der Waals surface area (Å²) in [6.45, 7) is 4.44. The molecule has 26 heavy (non-hydrogen) atoms. The first-order valence-corrected chi connectivity index (χ1v) is 9.29. The largest absolute Gasteiger partial charge is 0.347 e. The molecule has 0 atom stereocenters. The second-order valence-electron chi connectivity index (χ2n) is 6.55. The summed E-state index contributed by atoms with van der Waals surface area (Å²) in [6, 6.07) is 4.83. The van der Waals surface area contributed by atoms with Crippen molar-refractivity contribution in [3.05, 3.63) is 45.5 Å². The fourth-order valence-electron chi connectivity index (χ4n) is 3.00. The van der Waals surface area contributed by atoms with Crippen molar-refractivity contribution in [2.45, 2.75) is 45.7 Å². The van der Waals surface area contributed by atoms with Gasteiger partial charge in [-0.1, -0.05) is 23.2 Å². The maximum Gasteiger partial charge on any atom is 0.287 e. The Hall–Kier alpha value is -2.05. The van der Waals surface area contributed by atoms with Crippen LogP contribution in [0.25, 0.3) is 0 Å². The van der Waals surface area contributed by atoms with E-state index in [9.17, 15) is 9.59 Å². The van der Waals surface area contributed by atoms with E-state index >= 15 is 0 Å². The van der Waals surface area contributed by atoms with Crippen LogP contribution in [0.2, 0.25) is 10.0 Å². The number of hydrogen-bond donors (Lipinski definition) is 2. The average molecular weight is 395 g/mol. The van der Waals surface area contributed by atoms with E-state index in [1.165, 1.54) is 0 Å². The first-order chi connectivity index (χ1) is 12.4. The second kappa shape index (κ2) is 7.68. The molecule has 0 saturated carbocycles. The Morgan fingerprint density at radius 1 is 1.19 bits per heavy atom. The molecule has 0 saturated heterocycles. The van der Waals surface area contributed by atoms with Crippen molar-refractivity contribution in [2.24, 2.45) is 0 Å². The third kappa shape index (κ3) is 3.86. The Kier molecular flexibility index (Phi) is 5.53. The molecular weight excluding hydrogens is 375 g/mol. The first-order valence-electron chi connectivity index (χ1n) is 8.53. The van der Waals surface area contributed by atoms with E-state index in [0.29, 0.717) is 28.7 Å². The molecule has 1 aromatic heterocycles. The number of carbonyl (C=O) groups excluding carboxylic acids is 2. The van der Waals surface area contributed by atoms with Crippen molar-refractivity contribution >= 4 is 40.7 Å². The smallest absolute Gasteiger partial charge is 0.287 e. The summed E-state index contributed by atoms with van der Waals surface area (Å²) < 4.78 is 1.84.